The smallest absolute Gasteiger partial charge is 0.387 e. The topological polar surface area (TPSA) is 105 Å². The predicted molar refractivity (Wildman–Crippen MR) is 254 cm³/mol. The highest BCUT2D eigenvalue weighted by atomic mass is 31.2. The third-order valence-corrected chi connectivity index (χ3v) is 12.4. The Kier molecular flexibility index (Phi) is 41.6. The average molecular weight is 856 g/mol. The van der Waals surface area contributed by atoms with Gasteiger partial charge in [-0.1, -0.05) is 224 Å². The number of nitrogens with one attached hydrogen (secondary N) is 1. The Morgan fingerprint density at radius 2 is 0.932 bits per heavy atom. The van der Waals surface area contributed by atoms with Crippen molar-refractivity contribution in [2.24, 2.45) is 0 Å². The first kappa shape index (κ1) is 58.0. The Morgan fingerprint density at radius 1 is 0.559 bits per heavy atom. The minimum Gasteiger partial charge on any atom is -0.387 e. The van der Waals surface area contributed by atoms with Crippen molar-refractivity contribution in [1.82, 2.24) is 5.32 Å². The van der Waals surface area contributed by atoms with Gasteiger partial charge in [0.25, 0.3) is 0 Å². The quantitative estimate of drug-likeness (QED) is 0.0244. The first-order chi connectivity index (χ1) is 28.5. The second kappa shape index (κ2) is 42.3. The third-order valence-electron chi connectivity index (χ3n) is 11.4. The van der Waals surface area contributed by atoms with E-state index >= 15 is 0 Å². The SMILES string of the molecule is CCCCCCCCCCCCCCCCCCCCCCCCCC/C=C/CC/C=C/C(O)C(COP(=O)(O)OCC[N+](C)(C)C)NC(=O)CCCCCCCCC. The molecule has 0 aliphatic rings. The van der Waals surface area contributed by atoms with Crippen LogP contribution in [0.1, 0.15) is 239 Å². The summed E-state index contributed by atoms with van der Waals surface area (Å²) in [6.07, 6.45) is 51.7. The maximum atomic E-state index is 12.7. The van der Waals surface area contributed by atoms with Crippen molar-refractivity contribution in [2.45, 2.75) is 251 Å². The number of aliphatic hydroxyl groups excluding tert-OH is 1. The van der Waals surface area contributed by atoms with E-state index in [1.165, 1.54) is 180 Å². The number of amides is 1. The molecule has 0 aromatic heterocycles. The molecule has 0 saturated heterocycles. The number of rotatable bonds is 46. The Bertz CT molecular complexity index is 1020. The van der Waals surface area contributed by atoms with Crippen LogP contribution in [0.4, 0.5) is 0 Å². The fraction of sp³-hybridized carbons (Fsp3) is 0.900. The number of aliphatic hydroxyl groups is 1. The molecule has 0 aliphatic carbocycles. The van der Waals surface area contributed by atoms with E-state index in [4.69, 9.17) is 9.05 Å². The number of hydrogen-bond acceptors (Lipinski definition) is 5. The number of hydrogen-bond donors (Lipinski definition) is 3. The number of phosphoric acid groups is 1. The van der Waals surface area contributed by atoms with Gasteiger partial charge in [-0.05, 0) is 32.1 Å². The fourth-order valence-electron chi connectivity index (χ4n) is 7.41. The summed E-state index contributed by atoms with van der Waals surface area (Å²) in [5.41, 5.74) is 0. The highest BCUT2D eigenvalue weighted by Gasteiger charge is 2.27. The molecular weight excluding hydrogens is 756 g/mol. The zero-order valence-electron chi connectivity index (χ0n) is 39.8. The minimum absolute atomic E-state index is 0.0577. The van der Waals surface area contributed by atoms with Gasteiger partial charge in [0.2, 0.25) is 5.91 Å². The molecule has 9 heteroatoms. The van der Waals surface area contributed by atoms with Gasteiger partial charge >= 0.3 is 7.82 Å². The second-order valence-electron chi connectivity index (χ2n) is 18.5. The summed E-state index contributed by atoms with van der Waals surface area (Å²) < 4.78 is 23.5. The van der Waals surface area contributed by atoms with E-state index in [1.54, 1.807) is 6.08 Å². The van der Waals surface area contributed by atoms with Gasteiger partial charge in [0, 0.05) is 6.42 Å². The summed E-state index contributed by atoms with van der Waals surface area (Å²) in [5.74, 6) is -0.193. The van der Waals surface area contributed by atoms with E-state index in [0.717, 1.165) is 38.5 Å². The summed E-state index contributed by atoms with van der Waals surface area (Å²) in [6.45, 7) is 4.76. The number of allylic oxidation sites excluding steroid dienone is 3. The Morgan fingerprint density at radius 3 is 1.36 bits per heavy atom. The van der Waals surface area contributed by atoms with E-state index < -0.39 is 20.0 Å². The Balaban J connectivity index is 4.03. The van der Waals surface area contributed by atoms with Crippen LogP contribution in [0.2, 0.25) is 0 Å². The molecule has 0 aromatic carbocycles. The van der Waals surface area contributed by atoms with Crippen molar-refractivity contribution in [3.05, 3.63) is 24.3 Å². The van der Waals surface area contributed by atoms with Crippen molar-refractivity contribution in [1.29, 1.82) is 0 Å². The highest BCUT2D eigenvalue weighted by Crippen LogP contribution is 2.43. The fourth-order valence-corrected chi connectivity index (χ4v) is 8.15. The molecule has 0 bridgehead atoms. The summed E-state index contributed by atoms with van der Waals surface area (Å²) >= 11 is 0. The predicted octanol–water partition coefficient (Wildman–Crippen LogP) is 14.5. The molecule has 1 amide bonds. The lowest BCUT2D eigenvalue weighted by Gasteiger charge is -2.25. The van der Waals surface area contributed by atoms with Crippen LogP contribution in [0, 0.1) is 0 Å². The van der Waals surface area contributed by atoms with Crippen molar-refractivity contribution in [3.8, 4) is 0 Å². The molecule has 0 radical (unpaired) electrons. The first-order valence-electron chi connectivity index (χ1n) is 25.2. The maximum absolute atomic E-state index is 12.7. The molecule has 3 N–H and O–H groups in total. The van der Waals surface area contributed by atoms with E-state index in [2.05, 4.69) is 31.3 Å². The van der Waals surface area contributed by atoms with Crippen LogP contribution in [0.25, 0.3) is 0 Å². The molecule has 3 unspecified atom stereocenters. The molecule has 0 rings (SSSR count). The number of unbranched alkanes of at least 4 members (excludes halogenated alkanes) is 31. The lowest BCUT2D eigenvalue weighted by molar-refractivity contribution is -0.870. The molecule has 59 heavy (non-hydrogen) atoms. The van der Waals surface area contributed by atoms with Crippen molar-refractivity contribution < 1.29 is 32.9 Å². The van der Waals surface area contributed by atoms with Crippen molar-refractivity contribution in [3.63, 3.8) is 0 Å². The van der Waals surface area contributed by atoms with Gasteiger partial charge in [-0.3, -0.25) is 13.8 Å². The van der Waals surface area contributed by atoms with Crippen molar-refractivity contribution >= 4 is 13.7 Å². The molecular formula is C50H100N2O6P+. The van der Waals surface area contributed by atoms with E-state index in [9.17, 15) is 19.4 Å². The van der Waals surface area contributed by atoms with E-state index in [1.807, 2.05) is 27.2 Å². The molecule has 350 valence electrons. The molecule has 0 fully saturated rings. The van der Waals surface area contributed by atoms with Crippen LogP contribution in [0.15, 0.2) is 24.3 Å². The molecule has 0 aliphatic heterocycles. The minimum atomic E-state index is -4.34. The number of phosphoric ester groups is 1. The zero-order valence-corrected chi connectivity index (χ0v) is 40.7. The Labute approximate surface area is 366 Å². The highest BCUT2D eigenvalue weighted by molar-refractivity contribution is 7.47. The van der Waals surface area contributed by atoms with Gasteiger partial charge in [-0.2, -0.15) is 0 Å². The van der Waals surface area contributed by atoms with Crippen LogP contribution in [-0.4, -0.2) is 73.4 Å². The van der Waals surface area contributed by atoms with E-state index in [0.29, 0.717) is 17.4 Å². The lowest BCUT2D eigenvalue weighted by atomic mass is 10.0. The number of likely N-dealkylation sites (N-methyl/N-ethyl adjacent to an activating group) is 1. The molecule has 8 nitrogen and oxygen atoms in total. The van der Waals surface area contributed by atoms with Gasteiger partial charge in [-0.15, -0.1) is 0 Å². The first-order valence-corrected chi connectivity index (χ1v) is 26.7. The summed E-state index contributed by atoms with van der Waals surface area (Å²) in [7, 11) is 1.56. The van der Waals surface area contributed by atoms with E-state index in [-0.39, 0.29) is 19.1 Å². The lowest BCUT2D eigenvalue weighted by Crippen LogP contribution is -2.45. The van der Waals surface area contributed by atoms with Crippen LogP contribution in [0.3, 0.4) is 0 Å². The molecule has 3 atom stereocenters. The van der Waals surface area contributed by atoms with Gasteiger partial charge < -0.3 is 19.8 Å². The number of carbonyl (C=O) groups excluding carboxylic acids is 1. The number of nitrogens with zero attached hydrogens (tertiary/aromatic N) is 1. The van der Waals surface area contributed by atoms with Gasteiger partial charge in [0.05, 0.1) is 39.9 Å². The monoisotopic (exact) mass is 856 g/mol. The van der Waals surface area contributed by atoms with Crippen LogP contribution < -0.4 is 5.32 Å². The number of quaternary nitrogens is 1. The molecule has 0 saturated carbocycles. The normalized spacial score (nSPS) is 14.4. The third kappa shape index (κ3) is 44.8. The van der Waals surface area contributed by atoms with Crippen LogP contribution in [-0.2, 0) is 18.4 Å². The average Bonchev–Trinajstić information content (AvgIpc) is 3.19. The summed E-state index contributed by atoms with van der Waals surface area (Å²) in [4.78, 5) is 22.9. The molecule has 0 heterocycles. The largest absolute Gasteiger partial charge is 0.472 e. The maximum Gasteiger partial charge on any atom is 0.472 e. The summed E-state index contributed by atoms with van der Waals surface area (Å²) in [6, 6.07) is -0.856. The van der Waals surface area contributed by atoms with Gasteiger partial charge in [0.1, 0.15) is 13.2 Å². The number of carbonyl (C=O) groups is 1. The zero-order chi connectivity index (χ0) is 43.6. The van der Waals surface area contributed by atoms with Gasteiger partial charge in [-0.25, -0.2) is 4.57 Å². The molecule has 0 aromatic rings. The Hall–Kier alpha value is -1.02. The van der Waals surface area contributed by atoms with Gasteiger partial charge in [0.15, 0.2) is 0 Å². The van der Waals surface area contributed by atoms with Crippen LogP contribution in [0.5, 0.6) is 0 Å². The van der Waals surface area contributed by atoms with Crippen molar-refractivity contribution in [2.75, 3.05) is 40.9 Å². The standard InChI is InChI=1S/C50H99N2O6P/c1-6-8-10-12-14-15-16-17-18-19-20-21-22-23-24-25-26-27-28-29-30-31-32-33-34-35-36-38-39-41-43-49(53)48(47-58-59(55,56)57-46-45-52(3,4)5)51-50(54)44-42-40-37-13-11-9-7-2/h35-36,41,43,48-49,53H,6-34,37-40,42,44-47H2,1-5H3,(H-,51,54,55,56)/p+1/b36-35+,43-41+. The second-order valence-corrected chi connectivity index (χ2v) is 20.0. The summed E-state index contributed by atoms with van der Waals surface area (Å²) in [5, 5.41) is 13.8. The molecule has 0 spiro atoms. The van der Waals surface area contributed by atoms with Crippen LogP contribution >= 0.6 is 7.82 Å².